The fraction of sp³-hybridized carbons (Fsp3) is 0.211. The summed E-state index contributed by atoms with van der Waals surface area (Å²) in [6.45, 7) is 1.76. The molecule has 1 aliphatic rings. The summed E-state index contributed by atoms with van der Waals surface area (Å²) in [4.78, 5) is 30.9. The second kappa shape index (κ2) is 6.05. The highest BCUT2D eigenvalue weighted by molar-refractivity contribution is 6.09. The van der Waals surface area contributed by atoms with Crippen LogP contribution in [0.25, 0.3) is 11.1 Å². The number of oxazole rings is 1. The fourth-order valence-corrected chi connectivity index (χ4v) is 3.22. The van der Waals surface area contributed by atoms with E-state index in [2.05, 4.69) is 10.3 Å². The number of aromatic nitrogens is 1. The number of nitrogens with one attached hydrogen (secondary N) is 1. The van der Waals surface area contributed by atoms with Crippen LogP contribution in [0.15, 0.2) is 52.9 Å². The number of amides is 2. The number of carbonyl (C=O) groups excluding carboxylic acids is 2. The standard InChI is InChI=1S/C19H17N3O3/c1-12-20-14-8-5-9-15(18(14)25-12)21-19(24)16-10-11-17(23)22(16)13-6-3-2-4-7-13/h2-9,16H,10-11H2,1H3,(H,21,24). The molecule has 1 aliphatic heterocycles. The molecular formula is C19H17N3O3. The van der Waals surface area contributed by atoms with Crippen LogP contribution in [-0.4, -0.2) is 22.8 Å². The van der Waals surface area contributed by atoms with Crippen molar-refractivity contribution in [3.8, 4) is 0 Å². The highest BCUT2D eigenvalue weighted by Crippen LogP contribution is 2.29. The molecule has 1 atom stereocenters. The van der Waals surface area contributed by atoms with E-state index < -0.39 is 6.04 Å². The Labute approximate surface area is 144 Å². The summed E-state index contributed by atoms with van der Waals surface area (Å²) in [7, 11) is 0. The molecule has 1 unspecified atom stereocenters. The molecule has 0 aliphatic carbocycles. The number of nitrogens with zero attached hydrogens (tertiary/aromatic N) is 2. The molecular weight excluding hydrogens is 318 g/mol. The van der Waals surface area contributed by atoms with Gasteiger partial charge in [0, 0.05) is 19.0 Å². The van der Waals surface area contributed by atoms with Crippen LogP contribution in [0, 0.1) is 6.92 Å². The molecule has 6 nitrogen and oxygen atoms in total. The summed E-state index contributed by atoms with van der Waals surface area (Å²) < 4.78 is 5.59. The van der Waals surface area contributed by atoms with E-state index in [4.69, 9.17) is 4.42 Å². The first-order chi connectivity index (χ1) is 12.1. The summed E-state index contributed by atoms with van der Waals surface area (Å²) >= 11 is 0. The maximum absolute atomic E-state index is 12.8. The molecule has 0 radical (unpaired) electrons. The lowest BCUT2D eigenvalue weighted by atomic mass is 10.1. The van der Waals surface area contributed by atoms with Crippen LogP contribution in [0.3, 0.4) is 0 Å². The normalized spacial score (nSPS) is 17.2. The molecule has 0 bridgehead atoms. The Balaban J connectivity index is 1.62. The number of rotatable bonds is 3. The minimum atomic E-state index is -0.533. The Kier molecular flexibility index (Phi) is 3.72. The second-order valence-corrected chi connectivity index (χ2v) is 6.03. The number of benzene rings is 2. The Bertz CT molecular complexity index is 949. The highest BCUT2D eigenvalue weighted by Gasteiger charge is 2.37. The van der Waals surface area contributed by atoms with Gasteiger partial charge in [0.1, 0.15) is 11.6 Å². The Morgan fingerprint density at radius 2 is 2.00 bits per heavy atom. The van der Waals surface area contributed by atoms with Gasteiger partial charge < -0.3 is 9.73 Å². The monoisotopic (exact) mass is 335 g/mol. The third kappa shape index (κ3) is 2.76. The van der Waals surface area contributed by atoms with Gasteiger partial charge in [-0.25, -0.2) is 4.98 Å². The Morgan fingerprint density at radius 3 is 2.80 bits per heavy atom. The third-order valence-corrected chi connectivity index (χ3v) is 4.33. The van der Waals surface area contributed by atoms with E-state index in [-0.39, 0.29) is 11.8 Å². The van der Waals surface area contributed by atoms with Gasteiger partial charge in [-0.15, -0.1) is 0 Å². The van der Waals surface area contributed by atoms with Crippen molar-refractivity contribution in [2.45, 2.75) is 25.8 Å². The van der Waals surface area contributed by atoms with Crippen LogP contribution in [0.1, 0.15) is 18.7 Å². The van der Waals surface area contributed by atoms with Crippen LogP contribution in [0.4, 0.5) is 11.4 Å². The molecule has 3 aromatic rings. The SMILES string of the molecule is Cc1nc2cccc(NC(=O)C3CCC(=O)N3c3ccccc3)c2o1. The van der Waals surface area contributed by atoms with Crippen molar-refractivity contribution in [3.05, 3.63) is 54.4 Å². The fourth-order valence-electron chi connectivity index (χ4n) is 3.22. The maximum atomic E-state index is 12.8. The Hall–Kier alpha value is -3.15. The molecule has 126 valence electrons. The molecule has 0 saturated carbocycles. The predicted octanol–water partition coefficient (Wildman–Crippen LogP) is 3.27. The van der Waals surface area contributed by atoms with E-state index in [0.29, 0.717) is 35.5 Å². The zero-order valence-electron chi connectivity index (χ0n) is 13.7. The molecule has 2 heterocycles. The number of hydrogen-bond donors (Lipinski definition) is 1. The van der Waals surface area contributed by atoms with Crippen molar-refractivity contribution in [2.24, 2.45) is 0 Å². The van der Waals surface area contributed by atoms with E-state index in [1.165, 1.54) is 0 Å². The molecule has 2 aromatic carbocycles. The highest BCUT2D eigenvalue weighted by atomic mass is 16.3. The first-order valence-corrected chi connectivity index (χ1v) is 8.17. The van der Waals surface area contributed by atoms with Crippen molar-refractivity contribution in [1.29, 1.82) is 0 Å². The lowest BCUT2D eigenvalue weighted by molar-refractivity contribution is -0.120. The molecule has 4 rings (SSSR count). The number of fused-ring (bicyclic) bond motifs is 1. The zero-order chi connectivity index (χ0) is 17.4. The van der Waals surface area contributed by atoms with E-state index in [9.17, 15) is 9.59 Å². The lowest BCUT2D eigenvalue weighted by Crippen LogP contribution is -2.41. The Morgan fingerprint density at radius 1 is 1.20 bits per heavy atom. The number of aryl methyl sites for hydroxylation is 1. The summed E-state index contributed by atoms with van der Waals surface area (Å²) in [6.07, 6.45) is 0.851. The minimum Gasteiger partial charge on any atom is -0.439 e. The molecule has 2 amide bonds. The molecule has 6 heteroatoms. The molecule has 1 aromatic heterocycles. The minimum absolute atomic E-state index is 0.0416. The van der Waals surface area contributed by atoms with Crippen molar-refractivity contribution in [2.75, 3.05) is 10.2 Å². The largest absolute Gasteiger partial charge is 0.439 e. The van der Waals surface area contributed by atoms with Gasteiger partial charge in [0.2, 0.25) is 11.8 Å². The van der Waals surface area contributed by atoms with Gasteiger partial charge in [0.15, 0.2) is 11.5 Å². The number of carbonyl (C=O) groups is 2. The number of anilines is 2. The van der Waals surface area contributed by atoms with Crippen LogP contribution in [0.2, 0.25) is 0 Å². The van der Waals surface area contributed by atoms with Gasteiger partial charge in [-0.1, -0.05) is 24.3 Å². The molecule has 1 N–H and O–H groups in total. The van der Waals surface area contributed by atoms with Crippen molar-refractivity contribution in [1.82, 2.24) is 4.98 Å². The molecule has 0 spiro atoms. The van der Waals surface area contributed by atoms with Gasteiger partial charge >= 0.3 is 0 Å². The lowest BCUT2D eigenvalue weighted by Gasteiger charge is -2.24. The van der Waals surface area contributed by atoms with E-state index in [0.717, 1.165) is 5.69 Å². The summed E-state index contributed by atoms with van der Waals surface area (Å²) in [6, 6.07) is 14.1. The van der Waals surface area contributed by atoms with Crippen molar-refractivity contribution >= 4 is 34.3 Å². The molecule has 1 fully saturated rings. The number of para-hydroxylation sites is 2. The molecule has 1 saturated heterocycles. The van der Waals surface area contributed by atoms with Crippen LogP contribution >= 0.6 is 0 Å². The van der Waals surface area contributed by atoms with Gasteiger partial charge in [0.05, 0.1) is 5.69 Å². The van der Waals surface area contributed by atoms with Gasteiger partial charge in [-0.3, -0.25) is 14.5 Å². The van der Waals surface area contributed by atoms with Crippen molar-refractivity contribution < 1.29 is 14.0 Å². The van der Waals surface area contributed by atoms with Crippen LogP contribution in [0.5, 0.6) is 0 Å². The number of hydrogen-bond acceptors (Lipinski definition) is 4. The van der Waals surface area contributed by atoms with Gasteiger partial charge in [-0.05, 0) is 30.7 Å². The average Bonchev–Trinajstić information content (AvgIpc) is 3.18. The van der Waals surface area contributed by atoms with E-state index >= 15 is 0 Å². The van der Waals surface area contributed by atoms with Crippen LogP contribution in [-0.2, 0) is 9.59 Å². The first kappa shape index (κ1) is 15.4. The first-order valence-electron chi connectivity index (χ1n) is 8.17. The predicted molar refractivity (Wildman–Crippen MR) is 94.3 cm³/mol. The summed E-state index contributed by atoms with van der Waals surface area (Å²) in [5.74, 6) is 0.273. The quantitative estimate of drug-likeness (QED) is 0.797. The maximum Gasteiger partial charge on any atom is 0.247 e. The topological polar surface area (TPSA) is 75.4 Å². The zero-order valence-corrected chi connectivity index (χ0v) is 13.7. The average molecular weight is 335 g/mol. The van der Waals surface area contributed by atoms with Crippen molar-refractivity contribution in [3.63, 3.8) is 0 Å². The summed E-state index contributed by atoms with van der Waals surface area (Å²) in [5, 5.41) is 2.89. The summed E-state index contributed by atoms with van der Waals surface area (Å²) in [5.41, 5.74) is 2.54. The van der Waals surface area contributed by atoms with E-state index in [1.54, 1.807) is 17.9 Å². The second-order valence-electron chi connectivity index (χ2n) is 6.03. The van der Waals surface area contributed by atoms with Gasteiger partial charge in [-0.2, -0.15) is 0 Å². The van der Waals surface area contributed by atoms with Crippen LogP contribution < -0.4 is 10.2 Å². The third-order valence-electron chi connectivity index (χ3n) is 4.33. The van der Waals surface area contributed by atoms with Gasteiger partial charge in [0.25, 0.3) is 0 Å². The molecule has 25 heavy (non-hydrogen) atoms. The van der Waals surface area contributed by atoms with E-state index in [1.807, 2.05) is 42.5 Å². The smallest absolute Gasteiger partial charge is 0.247 e.